The van der Waals surface area contributed by atoms with Gasteiger partial charge < -0.3 is 10.2 Å². The van der Waals surface area contributed by atoms with Crippen LogP contribution in [0.5, 0.6) is 0 Å². The fraction of sp³-hybridized carbons (Fsp3) is 0.500. The van der Waals surface area contributed by atoms with Gasteiger partial charge in [-0.1, -0.05) is 0 Å². The summed E-state index contributed by atoms with van der Waals surface area (Å²) in [7, 11) is 1.91. The van der Waals surface area contributed by atoms with Crippen molar-refractivity contribution in [2.75, 3.05) is 31.6 Å². The maximum atomic E-state index is 13.7. The zero-order chi connectivity index (χ0) is 12.4. The van der Waals surface area contributed by atoms with Gasteiger partial charge in [0.15, 0.2) is 0 Å². The quantitative estimate of drug-likeness (QED) is 0.864. The summed E-state index contributed by atoms with van der Waals surface area (Å²) in [5.41, 5.74) is 0.483. The molecule has 0 bridgehead atoms. The van der Waals surface area contributed by atoms with Gasteiger partial charge in [0.1, 0.15) is 11.6 Å². The summed E-state index contributed by atoms with van der Waals surface area (Å²) in [4.78, 5) is 1.97. The van der Waals surface area contributed by atoms with Crippen LogP contribution in [0.3, 0.4) is 0 Å². The van der Waals surface area contributed by atoms with Crippen LogP contribution in [0.2, 0.25) is 0 Å². The molecule has 1 fully saturated rings. The summed E-state index contributed by atoms with van der Waals surface area (Å²) in [6.45, 7) is 2.57. The van der Waals surface area contributed by atoms with E-state index < -0.39 is 11.6 Å². The Morgan fingerprint density at radius 2 is 2.18 bits per heavy atom. The molecule has 1 N–H and O–H groups in total. The first-order valence-electron chi connectivity index (χ1n) is 5.66. The standard InChI is InChI=1S/C12H15BrF2N2/c1-16-6-8-2-3-17(7-8)12-4-9(13)10(14)5-11(12)15/h4-5,8,16H,2-3,6-7H2,1H3. The number of nitrogens with one attached hydrogen (secondary N) is 1. The van der Waals surface area contributed by atoms with Gasteiger partial charge in [-0.15, -0.1) is 0 Å². The molecule has 1 saturated heterocycles. The lowest BCUT2D eigenvalue weighted by Crippen LogP contribution is -2.25. The molecule has 1 unspecified atom stereocenters. The molecule has 1 aromatic carbocycles. The predicted molar refractivity (Wildman–Crippen MR) is 68.3 cm³/mol. The van der Waals surface area contributed by atoms with Crippen molar-refractivity contribution >= 4 is 21.6 Å². The number of halogens is 3. The van der Waals surface area contributed by atoms with Gasteiger partial charge >= 0.3 is 0 Å². The van der Waals surface area contributed by atoms with Crippen LogP contribution in [0.25, 0.3) is 0 Å². The Balaban J connectivity index is 2.16. The van der Waals surface area contributed by atoms with Gasteiger partial charge in [0.25, 0.3) is 0 Å². The average Bonchev–Trinajstić information content (AvgIpc) is 2.72. The highest BCUT2D eigenvalue weighted by molar-refractivity contribution is 9.10. The van der Waals surface area contributed by atoms with Crippen LogP contribution in [-0.4, -0.2) is 26.7 Å². The molecule has 17 heavy (non-hydrogen) atoms. The van der Waals surface area contributed by atoms with Gasteiger partial charge in [-0.2, -0.15) is 0 Å². The van der Waals surface area contributed by atoms with Gasteiger partial charge in [0.2, 0.25) is 0 Å². The van der Waals surface area contributed by atoms with Crippen molar-refractivity contribution in [1.29, 1.82) is 0 Å². The highest BCUT2D eigenvalue weighted by Gasteiger charge is 2.24. The van der Waals surface area contributed by atoms with E-state index in [1.165, 1.54) is 6.07 Å². The third-order valence-electron chi connectivity index (χ3n) is 3.11. The molecule has 0 aromatic heterocycles. The second-order valence-corrected chi connectivity index (χ2v) is 5.23. The summed E-state index contributed by atoms with van der Waals surface area (Å²) in [5.74, 6) is -0.517. The molecular weight excluding hydrogens is 290 g/mol. The molecule has 94 valence electrons. The molecule has 5 heteroatoms. The number of anilines is 1. The van der Waals surface area contributed by atoms with Gasteiger partial charge in [-0.05, 0) is 47.9 Å². The molecule has 1 atom stereocenters. The van der Waals surface area contributed by atoms with Crippen LogP contribution in [0.15, 0.2) is 16.6 Å². The molecule has 0 aliphatic carbocycles. The SMILES string of the molecule is CNCC1CCN(c2cc(Br)c(F)cc2F)C1. The largest absolute Gasteiger partial charge is 0.369 e. The smallest absolute Gasteiger partial charge is 0.149 e. The van der Waals surface area contributed by atoms with Crippen molar-refractivity contribution in [2.45, 2.75) is 6.42 Å². The summed E-state index contributed by atoms with van der Waals surface area (Å²) in [6.07, 6.45) is 1.04. The minimum atomic E-state index is -0.558. The zero-order valence-electron chi connectivity index (χ0n) is 9.64. The summed E-state index contributed by atoms with van der Waals surface area (Å²) in [6, 6.07) is 2.46. The van der Waals surface area contributed by atoms with E-state index in [0.29, 0.717) is 16.1 Å². The van der Waals surface area contributed by atoms with E-state index in [1.807, 2.05) is 11.9 Å². The van der Waals surface area contributed by atoms with E-state index in [1.54, 1.807) is 0 Å². The Labute approximate surface area is 108 Å². The Hall–Kier alpha value is -0.680. The molecule has 1 aliphatic heterocycles. The Morgan fingerprint density at radius 3 is 2.88 bits per heavy atom. The van der Waals surface area contributed by atoms with E-state index in [9.17, 15) is 8.78 Å². The predicted octanol–water partition coefficient (Wildman–Crippen LogP) is 2.77. The van der Waals surface area contributed by atoms with Crippen LogP contribution >= 0.6 is 15.9 Å². The van der Waals surface area contributed by atoms with Crippen molar-refractivity contribution in [3.63, 3.8) is 0 Å². The third-order valence-corrected chi connectivity index (χ3v) is 3.72. The first-order chi connectivity index (χ1) is 8.11. The summed E-state index contributed by atoms with van der Waals surface area (Å²) >= 11 is 3.09. The molecule has 0 radical (unpaired) electrons. The topological polar surface area (TPSA) is 15.3 Å². The first kappa shape index (κ1) is 12.8. The van der Waals surface area contributed by atoms with Gasteiger partial charge in [-0.25, -0.2) is 8.78 Å². The van der Waals surface area contributed by atoms with Crippen LogP contribution in [0.4, 0.5) is 14.5 Å². The molecule has 1 aliphatic rings. The number of rotatable bonds is 3. The summed E-state index contributed by atoms with van der Waals surface area (Å²) in [5, 5.41) is 3.13. The fourth-order valence-corrected chi connectivity index (χ4v) is 2.59. The lowest BCUT2D eigenvalue weighted by atomic mass is 10.1. The molecular formula is C12H15BrF2N2. The van der Waals surface area contributed by atoms with Gasteiger partial charge in [-0.3, -0.25) is 0 Å². The number of hydrogen-bond donors (Lipinski definition) is 1. The van der Waals surface area contributed by atoms with Crippen molar-refractivity contribution in [3.8, 4) is 0 Å². The monoisotopic (exact) mass is 304 g/mol. The zero-order valence-corrected chi connectivity index (χ0v) is 11.2. The average molecular weight is 305 g/mol. The van der Waals surface area contributed by atoms with Gasteiger partial charge in [0, 0.05) is 19.2 Å². The second-order valence-electron chi connectivity index (χ2n) is 4.38. The van der Waals surface area contributed by atoms with Crippen LogP contribution in [0, 0.1) is 17.6 Å². The first-order valence-corrected chi connectivity index (χ1v) is 6.45. The Morgan fingerprint density at radius 1 is 1.41 bits per heavy atom. The fourth-order valence-electron chi connectivity index (χ4n) is 2.26. The van der Waals surface area contributed by atoms with Crippen LogP contribution in [-0.2, 0) is 0 Å². The number of hydrogen-bond acceptors (Lipinski definition) is 2. The Kier molecular flexibility index (Phi) is 3.99. The van der Waals surface area contributed by atoms with Crippen molar-refractivity contribution in [3.05, 3.63) is 28.2 Å². The molecule has 1 heterocycles. The minimum Gasteiger partial charge on any atom is -0.369 e. The lowest BCUT2D eigenvalue weighted by molar-refractivity contribution is 0.546. The van der Waals surface area contributed by atoms with E-state index in [4.69, 9.17) is 0 Å². The molecule has 2 nitrogen and oxygen atoms in total. The third kappa shape index (κ3) is 2.77. The summed E-state index contributed by atoms with van der Waals surface area (Å²) < 4.78 is 27.1. The van der Waals surface area contributed by atoms with E-state index in [-0.39, 0.29) is 0 Å². The maximum absolute atomic E-state index is 13.7. The van der Waals surface area contributed by atoms with Crippen molar-refractivity contribution < 1.29 is 8.78 Å². The van der Waals surface area contributed by atoms with E-state index in [2.05, 4.69) is 21.2 Å². The molecule has 0 spiro atoms. The van der Waals surface area contributed by atoms with E-state index in [0.717, 1.165) is 32.1 Å². The van der Waals surface area contributed by atoms with Crippen molar-refractivity contribution in [1.82, 2.24) is 5.32 Å². The lowest BCUT2D eigenvalue weighted by Gasteiger charge is -2.20. The van der Waals surface area contributed by atoms with E-state index >= 15 is 0 Å². The highest BCUT2D eigenvalue weighted by atomic mass is 79.9. The molecule has 2 rings (SSSR count). The van der Waals surface area contributed by atoms with Gasteiger partial charge in [0.05, 0.1) is 10.2 Å². The highest BCUT2D eigenvalue weighted by Crippen LogP contribution is 2.30. The number of nitrogens with zero attached hydrogens (tertiary/aromatic N) is 1. The maximum Gasteiger partial charge on any atom is 0.149 e. The second kappa shape index (κ2) is 5.31. The number of benzene rings is 1. The molecule has 1 aromatic rings. The molecule has 0 amide bonds. The Bertz CT molecular complexity index is 412. The van der Waals surface area contributed by atoms with Crippen molar-refractivity contribution in [2.24, 2.45) is 5.92 Å². The minimum absolute atomic E-state index is 0.311. The normalized spacial score (nSPS) is 20.0. The van der Waals surface area contributed by atoms with Crippen LogP contribution in [0.1, 0.15) is 6.42 Å². The van der Waals surface area contributed by atoms with Crippen LogP contribution < -0.4 is 10.2 Å². The molecule has 0 saturated carbocycles.